The SMILES string of the molecule is Cc1ccc(NC(=O)[C@H]2CC(=O)Nc3nc(Nc4ccc(F)cc4)[nH]c(=O)c32)c(C)c1. The lowest BCUT2D eigenvalue weighted by Gasteiger charge is -2.24. The number of nitrogens with one attached hydrogen (secondary N) is 4. The van der Waals surface area contributed by atoms with Gasteiger partial charge in [0.15, 0.2) is 0 Å². The van der Waals surface area contributed by atoms with Crippen LogP contribution in [0.2, 0.25) is 0 Å². The molecule has 0 aliphatic carbocycles. The molecule has 2 heterocycles. The molecule has 0 radical (unpaired) electrons. The van der Waals surface area contributed by atoms with Crippen molar-refractivity contribution >= 4 is 35.0 Å². The number of carbonyl (C=O) groups excluding carboxylic acids is 2. The van der Waals surface area contributed by atoms with E-state index in [1.54, 1.807) is 6.07 Å². The molecule has 0 saturated carbocycles. The van der Waals surface area contributed by atoms with Gasteiger partial charge in [-0.15, -0.1) is 0 Å². The van der Waals surface area contributed by atoms with Crippen molar-refractivity contribution in [3.8, 4) is 0 Å². The van der Waals surface area contributed by atoms with Crippen molar-refractivity contribution in [2.75, 3.05) is 16.0 Å². The first-order valence-electron chi connectivity index (χ1n) is 9.65. The number of hydrogen-bond donors (Lipinski definition) is 4. The van der Waals surface area contributed by atoms with Gasteiger partial charge in [0.2, 0.25) is 17.8 Å². The summed E-state index contributed by atoms with van der Waals surface area (Å²) in [5.74, 6) is -2.19. The van der Waals surface area contributed by atoms with E-state index in [1.165, 1.54) is 24.3 Å². The molecule has 31 heavy (non-hydrogen) atoms. The number of benzene rings is 2. The second kappa shape index (κ2) is 8.02. The van der Waals surface area contributed by atoms with Gasteiger partial charge in [0.25, 0.3) is 5.56 Å². The van der Waals surface area contributed by atoms with Crippen LogP contribution in [0.3, 0.4) is 0 Å². The molecule has 0 unspecified atom stereocenters. The van der Waals surface area contributed by atoms with Crippen LogP contribution in [-0.4, -0.2) is 21.8 Å². The summed E-state index contributed by atoms with van der Waals surface area (Å²) in [4.78, 5) is 44.8. The van der Waals surface area contributed by atoms with Gasteiger partial charge >= 0.3 is 0 Å². The Kier molecular flexibility index (Phi) is 5.24. The van der Waals surface area contributed by atoms with Crippen LogP contribution in [0.4, 0.5) is 27.5 Å². The largest absolute Gasteiger partial charge is 0.326 e. The minimum Gasteiger partial charge on any atom is -0.326 e. The molecule has 2 amide bonds. The van der Waals surface area contributed by atoms with Gasteiger partial charge in [-0.05, 0) is 49.7 Å². The topological polar surface area (TPSA) is 116 Å². The predicted octanol–water partition coefficient (Wildman–Crippen LogP) is 3.33. The lowest BCUT2D eigenvalue weighted by molar-refractivity contribution is -0.123. The number of H-pyrrole nitrogens is 1. The monoisotopic (exact) mass is 421 g/mol. The van der Waals surface area contributed by atoms with Gasteiger partial charge in [0.1, 0.15) is 11.6 Å². The molecule has 1 aliphatic heterocycles. The van der Waals surface area contributed by atoms with Gasteiger partial charge in [-0.3, -0.25) is 19.4 Å². The van der Waals surface area contributed by atoms with Crippen molar-refractivity contribution in [1.29, 1.82) is 0 Å². The van der Waals surface area contributed by atoms with E-state index >= 15 is 0 Å². The normalized spacial score (nSPS) is 15.1. The number of aryl methyl sites for hydroxylation is 2. The Balaban J connectivity index is 1.64. The highest BCUT2D eigenvalue weighted by atomic mass is 19.1. The molecule has 4 N–H and O–H groups in total. The average molecular weight is 421 g/mol. The number of aromatic amines is 1. The van der Waals surface area contributed by atoms with E-state index in [1.807, 2.05) is 26.0 Å². The van der Waals surface area contributed by atoms with Gasteiger partial charge in [-0.25, -0.2) is 4.39 Å². The molecule has 0 fully saturated rings. The average Bonchev–Trinajstić information content (AvgIpc) is 2.71. The van der Waals surface area contributed by atoms with E-state index in [4.69, 9.17) is 0 Å². The highest BCUT2D eigenvalue weighted by Gasteiger charge is 2.35. The molecule has 1 aromatic heterocycles. The van der Waals surface area contributed by atoms with Crippen LogP contribution in [0.15, 0.2) is 47.3 Å². The molecule has 3 aromatic rings. The quantitative estimate of drug-likeness (QED) is 0.516. The zero-order chi connectivity index (χ0) is 22.1. The van der Waals surface area contributed by atoms with Crippen LogP contribution >= 0.6 is 0 Å². The fourth-order valence-electron chi connectivity index (χ4n) is 3.50. The van der Waals surface area contributed by atoms with Gasteiger partial charge in [-0.2, -0.15) is 4.98 Å². The molecule has 0 bridgehead atoms. The number of halogens is 1. The molecule has 0 saturated heterocycles. The fourth-order valence-corrected chi connectivity index (χ4v) is 3.50. The van der Waals surface area contributed by atoms with Crippen molar-refractivity contribution in [2.24, 2.45) is 0 Å². The maximum atomic E-state index is 13.1. The summed E-state index contributed by atoms with van der Waals surface area (Å²) in [5, 5.41) is 8.21. The molecular formula is C22H20FN5O3. The van der Waals surface area contributed by atoms with Crippen LogP contribution in [0.1, 0.15) is 29.0 Å². The number of anilines is 4. The van der Waals surface area contributed by atoms with Crippen LogP contribution in [-0.2, 0) is 9.59 Å². The molecule has 158 valence electrons. The number of carbonyl (C=O) groups is 2. The molecule has 0 spiro atoms. The molecule has 8 nitrogen and oxygen atoms in total. The second-order valence-corrected chi connectivity index (χ2v) is 7.42. The van der Waals surface area contributed by atoms with E-state index in [0.29, 0.717) is 11.4 Å². The first-order chi connectivity index (χ1) is 14.8. The molecule has 9 heteroatoms. The van der Waals surface area contributed by atoms with E-state index in [2.05, 4.69) is 25.9 Å². The van der Waals surface area contributed by atoms with Crippen molar-refractivity contribution in [3.63, 3.8) is 0 Å². The summed E-state index contributed by atoms with van der Waals surface area (Å²) < 4.78 is 13.1. The first-order valence-corrected chi connectivity index (χ1v) is 9.65. The standard InChI is InChI=1S/C22H20FN5O3/c1-11-3-8-16(12(2)9-11)25-20(30)15-10-17(29)26-19-18(15)21(31)28-22(27-19)24-14-6-4-13(23)5-7-14/h3-9,15H,10H2,1-2H3,(H,25,30)(H3,24,26,27,28,29,31)/t15-/m0/s1. The number of nitrogens with zero attached hydrogens (tertiary/aromatic N) is 1. The maximum Gasteiger partial charge on any atom is 0.258 e. The number of fused-ring (bicyclic) bond motifs is 1. The van der Waals surface area contributed by atoms with Crippen molar-refractivity contribution < 1.29 is 14.0 Å². The molecule has 1 atom stereocenters. The lowest BCUT2D eigenvalue weighted by Crippen LogP contribution is -2.36. The summed E-state index contributed by atoms with van der Waals surface area (Å²) in [6, 6.07) is 11.1. The van der Waals surface area contributed by atoms with Crippen molar-refractivity contribution in [2.45, 2.75) is 26.2 Å². The van der Waals surface area contributed by atoms with E-state index in [-0.39, 0.29) is 23.8 Å². The van der Waals surface area contributed by atoms with E-state index in [0.717, 1.165) is 11.1 Å². The Hall–Kier alpha value is -4.01. The lowest BCUT2D eigenvalue weighted by atomic mass is 9.92. The van der Waals surface area contributed by atoms with Crippen LogP contribution in [0.5, 0.6) is 0 Å². The molecular weight excluding hydrogens is 401 g/mol. The summed E-state index contributed by atoms with van der Waals surface area (Å²) in [6.07, 6.45) is -0.167. The Morgan fingerprint density at radius 3 is 2.58 bits per heavy atom. The third-order valence-electron chi connectivity index (χ3n) is 5.01. The summed E-state index contributed by atoms with van der Waals surface area (Å²) in [6.45, 7) is 3.81. The predicted molar refractivity (Wildman–Crippen MR) is 115 cm³/mol. The maximum absolute atomic E-state index is 13.1. The summed E-state index contributed by atoms with van der Waals surface area (Å²) in [5.41, 5.74) is 2.58. The van der Waals surface area contributed by atoms with Crippen LogP contribution in [0.25, 0.3) is 0 Å². The Morgan fingerprint density at radius 1 is 1.13 bits per heavy atom. The van der Waals surface area contributed by atoms with Crippen LogP contribution < -0.4 is 21.5 Å². The third-order valence-corrected chi connectivity index (χ3v) is 5.01. The van der Waals surface area contributed by atoms with Crippen molar-refractivity contribution in [3.05, 3.63) is 75.3 Å². The van der Waals surface area contributed by atoms with E-state index in [9.17, 15) is 18.8 Å². The minimum atomic E-state index is -0.986. The highest BCUT2D eigenvalue weighted by molar-refractivity contribution is 6.04. The zero-order valence-electron chi connectivity index (χ0n) is 16.9. The number of hydrogen-bond acceptors (Lipinski definition) is 5. The first kappa shape index (κ1) is 20.3. The fraction of sp³-hybridized carbons (Fsp3) is 0.182. The summed E-state index contributed by atoms with van der Waals surface area (Å²) in [7, 11) is 0. The zero-order valence-corrected chi connectivity index (χ0v) is 16.9. The third kappa shape index (κ3) is 4.30. The van der Waals surface area contributed by atoms with Gasteiger partial charge < -0.3 is 16.0 Å². The highest BCUT2D eigenvalue weighted by Crippen LogP contribution is 2.30. The Morgan fingerprint density at radius 2 is 1.87 bits per heavy atom. The van der Waals surface area contributed by atoms with Crippen LogP contribution in [0, 0.1) is 19.7 Å². The van der Waals surface area contributed by atoms with Gasteiger partial charge in [-0.1, -0.05) is 17.7 Å². The smallest absolute Gasteiger partial charge is 0.258 e. The Labute approximate surface area is 176 Å². The number of aromatic nitrogens is 2. The van der Waals surface area contributed by atoms with Gasteiger partial charge in [0, 0.05) is 17.8 Å². The summed E-state index contributed by atoms with van der Waals surface area (Å²) >= 11 is 0. The molecule has 2 aromatic carbocycles. The number of amides is 2. The number of rotatable bonds is 4. The Bertz CT molecular complexity index is 1240. The molecule has 1 aliphatic rings. The van der Waals surface area contributed by atoms with Crippen molar-refractivity contribution in [1.82, 2.24) is 9.97 Å². The van der Waals surface area contributed by atoms with E-state index < -0.39 is 29.1 Å². The second-order valence-electron chi connectivity index (χ2n) is 7.42. The van der Waals surface area contributed by atoms with Gasteiger partial charge in [0.05, 0.1) is 11.5 Å². The molecule has 4 rings (SSSR count). The minimum absolute atomic E-state index is 0.0189.